The van der Waals surface area contributed by atoms with Gasteiger partial charge in [0.05, 0.1) is 12.9 Å². The number of aliphatic carboxylic acids is 1. The monoisotopic (exact) mass is 1240 g/mol. The molecule has 89 heavy (non-hydrogen) atoms. The number of aromatic amines is 2. The van der Waals surface area contributed by atoms with Crippen molar-refractivity contribution in [2.24, 2.45) is 28.3 Å². The van der Waals surface area contributed by atoms with Crippen LogP contribution in [0.2, 0.25) is 0 Å². The van der Waals surface area contributed by atoms with Gasteiger partial charge in [-0.3, -0.25) is 57.7 Å². The van der Waals surface area contributed by atoms with Gasteiger partial charge in [0.15, 0.2) is 5.96 Å². The molecular formula is C59H84N16O14. The van der Waals surface area contributed by atoms with E-state index >= 15 is 0 Å². The Morgan fingerprint density at radius 2 is 1.29 bits per heavy atom. The summed E-state index contributed by atoms with van der Waals surface area (Å²) in [7, 11) is 0. The Balaban J connectivity index is 0.00000349. The zero-order valence-corrected chi connectivity index (χ0v) is 50.7. The molecule has 2 saturated heterocycles. The molecule has 2 fully saturated rings. The van der Waals surface area contributed by atoms with Crippen molar-refractivity contribution in [3.05, 3.63) is 84.1 Å². The number of likely N-dealkylation sites (tertiary alicyclic amines) is 1. The zero-order chi connectivity index (χ0) is 65.5. The van der Waals surface area contributed by atoms with Crippen molar-refractivity contribution in [1.29, 1.82) is 0 Å². The number of hydrogen-bond donors (Lipinski definition) is 16. The maximum Gasteiger partial charge on any atom is 0.300 e. The molecule has 18 N–H and O–H groups in total. The normalized spacial score (nSPS) is 16.8. The highest BCUT2D eigenvalue weighted by molar-refractivity contribution is 5.99. The molecule has 2 aromatic carbocycles. The van der Waals surface area contributed by atoms with Crippen molar-refractivity contribution in [1.82, 2.24) is 67.7 Å². The van der Waals surface area contributed by atoms with E-state index in [0.29, 0.717) is 41.6 Å². The molecule has 30 nitrogen and oxygen atoms in total. The quantitative estimate of drug-likeness (QED) is 0.0151. The van der Waals surface area contributed by atoms with Crippen LogP contribution in [0.3, 0.4) is 0 Å². The first kappa shape index (κ1) is 70.2. The number of imidazole rings is 1. The van der Waals surface area contributed by atoms with Crippen molar-refractivity contribution in [2.75, 3.05) is 26.2 Å². The van der Waals surface area contributed by atoms with Crippen LogP contribution in [0.1, 0.15) is 96.9 Å². The number of aromatic nitrogens is 3. The number of aliphatic hydroxyl groups excluding tert-OH is 1. The number of aliphatic hydroxyl groups is 1. The number of nitrogens with zero attached hydrogens (tertiary/aromatic N) is 3. The Bertz CT molecular complexity index is 3120. The first-order valence-electron chi connectivity index (χ1n) is 29.5. The van der Waals surface area contributed by atoms with Crippen molar-refractivity contribution >= 4 is 81.9 Å². The van der Waals surface area contributed by atoms with E-state index in [1.54, 1.807) is 59.0 Å². The van der Waals surface area contributed by atoms with E-state index in [1.165, 1.54) is 41.7 Å². The molecule has 2 aliphatic rings. The average Bonchev–Trinajstić information content (AvgIpc) is 4.31. The van der Waals surface area contributed by atoms with Crippen molar-refractivity contribution in [2.45, 2.75) is 154 Å². The number of carbonyl (C=O) groups excluding carboxylic acids is 10. The molecule has 484 valence electrons. The number of carboxylic acid groups (broad SMARTS) is 1. The number of para-hydroxylation sites is 1. The number of carbonyl (C=O) groups is 11. The van der Waals surface area contributed by atoms with Crippen LogP contribution in [-0.4, -0.2) is 187 Å². The van der Waals surface area contributed by atoms with Crippen LogP contribution in [0.5, 0.6) is 5.75 Å². The third kappa shape index (κ3) is 21.3. The molecule has 2 aromatic heterocycles. The lowest BCUT2D eigenvalue weighted by Gasteiger charge is -2.31. The van der Waals surface area contributed by atoms with E-state index < -0.39 is 126 Å². The SMILES string of the molecule is CC(=O)O.CCNC(=O)[C@@H]1CCCN1C(=O)[C@H](CCCN=C(N)N)NC(=O)[C@@H](NC(=O)[C@H](NC(=O)[C@H](Cc1ccc(O)cc1)NC(=O)C(CO)NC(=O)[C@H](Cc1c[nH]c2ccccc12)NC(=O)[C@H](Cc1cnc[nH]1)NC(=O)C1CCC(=O)N1)C(C)C)C(C)C. The maximum absolute atomic E-state index is 14.6. The molecule has 0 bridgehead atoms. The Kier molecular flexibility index (Phi) is 26.9. The predicted octanol–water partition coefficient (Wildman–Crippen LogP) is -2.13. The Morgan fingerprint density at radius 3 is 1.88 bits per heavy atom. The smallest absolute Gasteiger partial charge is 0.300 e. The number of fused-ring (bicyclic) bond motifs is 1. The van der Waals surface area contributed by atoms with Gasteiger partial charge in [-0.05, 0) is 80.2 Å². The minimum Gasteiger partial charge on any atom is -0.508 e. The van der Waals surface area contributed by atoms with Gasteiger partial charge in [-0.25, -0.2) is 4.98 Å². The fourth-order valence-corrected chi connectivity index (χ4v) is 10.1. The van der Waals surface area contributed by atoms with Gasteiger partial charge in [0.2, 0.25) is 59.1 Å². The lowest BCUT2D eigenvalue weighted by atomic mass is 9.98. The van der Waals surface area contributed by atoms with E-state index in [9.17, 15) is 58.2 Å². The molecule has 4 heterocycles. The summed E-state index contributed by atoms with van der Waals surface area (Å²) in [6, 6.07) is 1.48. The van der Waals surface area contributed by atoms with Gasteiger partial charge in [0, 0.05) is 81.2 Å². The van der Waals surface area contributed by atoms with Gasteiger partial charge in [-0.15, -0.1) is 0 Å². The molecule has 0 radical (unpaired) electrons. The van der Waals surface area contributed by atoms with Crippen LogP contribution in [0.4, 0.5) is 0 Å². The Morgan fingerprint density at radius 1 is 0.719 bits per heavy atom. The summed E-state index contributed by atoms with van der Waals surface area (Å²) >= 11 is 0. The number of benzene rings is 2. The number of nitrogens with one attached hydrogen (secondary N) is 11. The summed E-state index contributed by atoms with van der Waals surface area (Å²) in [6.07, 6.45) is 5.64. The van der Waals surface area contributed by atoms with E-state index in [1.807, 2.05) is 6.07 Å². The lowest BCUT2D eigenvalue weighted by molar-refractivity contribution is -0.142. The lowest BCUT2D eigenvalue weighted by Crippen LogP contribution is -2.62. The predicted molar refractivity (Wildman–Crippen MR) is 324 cm³/mol. The summed E-state index contributed by atoms with van der Waals surface area (Å²) in [5.41, 5.74) is 13.2. The van der Waals surface area contributed by atoms with Gasteiger partial charge >= 0.3 is 0 Å². The molecule has 2 aliphatic heterocycles. The summed E-state index contributed by atoms with van der Waals surface area (Å²) in [6.45, 7) is 9.24. The summed E-state index contributed by atoms with van der Waals surface area (Å²) in [4.78, 5) is 163. The molecule has 0 spiro atoms. The van der Waals surface area contributed by atoms with Crippen LogP contribution in [0, 0.1) is 11.8 Å². The van der Waals surface area contributed by atoms with Gasteiger partial charge < -0.3 is 89.5 Å². The average molecular weight is 1240 g/mol. The second-order valence-corrected chi connectivity index (χ2v) is 22.4. The molecule has 4 aromatic rings. The Hall–Kier alpha value is -9.61. The number of guanidine groups is 1. The summed E-state index contributed by atoms with van der Waals surface area (Å²) < 4.78 is 0. The number of nitrogens with two attached hydrogens (primary N) is 2. The maximum atomic E-state index is 14.6. The molecule has 0 saturated carbocycles. The van der Waals surface area contributed by atoms with Crippen LogP contribution in [-0.2, 0) is 72.0 Å². The largest absolute Gasteiger partial charge is 0.508 e. The molecular weight excluding hydrogens is 1160 g/mol. The minimum atomic E-state index is -1.75. The van der Waals surface area contributed by atoms with Gasteiger partial charge in [-0.2, -0.15) is 0 Å². The van der Waals surface area contributed by atoms with Crippen molar-refractivity contribution < 1.29 is 68.1 Å². The number of aromatic hydroxyl groups is 1. The van der Waals surface area contributed by atoms with E-state index in [0.717, 1.165) is 12.4 Å². The highest BCUT2D eigenvalue weighted by atomic mass is 16.4. The number of hydrogen-bond acceptors (Lipinski definition) is 15. The van der Waals surface area contributed by atoms with Gasteiger partial charge in [0.1, 0.15) is 60.1 Å². The third-order valence-electron chi connectivity index (χ3n) is 14.7. The van der Waals surface area contributed by atoms with E-state index in [2.05, 4.69) is 67.8 Å². The van der Waals surface area contributed by atoms with Crippen LogP contribution < -0.4 is 59.3 Å². The molecule has 9 atom stereocenters. The van der Waals surface area contributed by atoms with Crippen molar-refractivity contribution in [3.8, 4) is 5.75 Å². The molecule has 6 rings (SSSR count). The number of aliphatic imine (C=N–C) groups is 1. The van der Waals surface area contributed by atoms with Crippen molar-refractivity contribution in [3.63, 3.8) is 0 Å². The van der Waals surface area contributed by atoms with E-state index in [4.69, 9.17) is 21.4 Å². The van der Waals surface area contributed by atoms with Gasteiger partial charge in [-0.1, -0.05) is 58.0 Å². The van der Waals surface area contributed by atoms with Crippen LogP contribution in [0.15, 0.2) is 72.2 Å². The zero-order valence-electron chi connectivity index (χ0n) is 50.7. The number of likely N-dealkylation sites (N-methyl/N-ethyl adjacent to an activating group) is 1. The first-order valence-corrected chi connectivity index (χ1v) is 29.5. The number of carboxylic acids is 1. The van der Waals surface area contributed by atoms with Crippen LogP contribution in [0.25, 0.3) is 10.9 Å². The number of H-pyrrole nitrogens is 2. The van der Waals surface area contributed by atoms with Crippen LogP contribution >= 0.6 is 0 Å². The third-order valence-corrected chi connectivity index (χ3v) is 14.7. The standard InChI is InChI=1S/C57H80N16O12.C2H4O2/c1-6-61-53(82)44-14-10-22-73(44)56(85)39(13-9-21-62-57(58)59)66-54(83)46(30(2)3)72-55(84)47(31(4)5)71-51(80)40(23-32-15-17-35(75)18-16-32)67-52(81)43(28-74)70-49(78)41(24-33-26-63-37-12-8-7-11-36(33)37)68-50(79)42(25-34-27-60-29-64-34)69-48(77)38-19-20-45(76)65-38;1-2(3)4/h7-8,11-12,15-18,26-27,29-31,38-44,46-47,63,74-75H,6,9-10,13-14,19-25,28H2,1-5H3,(H,60,64)(H,61,82)(H,65,76)(H,66,83)(H,67,81)(H,68,79)(H,69,77)(H,70,78)(H,71,80)(H,72,84)(H4,58,59,62);1H3,(H,3,4)/t38?,39-,40-,41-,42-,43?,44-,46-,47+;/m0./s1. The fraction of sp³-hybridized carbons (Fsp3) is 0.508. The topological polar surface area (TPSA) is 469 Å². The highest BCUT2D eigenvalue weighted by Gasteiger charge is 2.40. The number of phenols is 1. The fourth-order valence-electron chi connectivity index (χ4n) is 10.1. The summed E-state index contributed by atoms with van der Waals surface area (Å²) in [5, 5.41) is 53.0. The number of rotatable bonds is 30. The first-order chi connectivity index (χ1) is 42.3. The highest BCUT2D eigenvalue weighted by Crippen LogP contribution is 2.22. The van der Waals surface area contributed by atoms with Gasteiger partial charge in [0.25, 0.3) is 5.97 Å². The Labute approximate surface area is 514 Å². The van der Waals surface area contributed by atoms with E-state index in [-0.39, 0.29) is 81.6 Å². The summed E-state index contributed by atoms with van der Waals surface area (Å²) in [5.74, 6) is -9.29. The second kappa shape index (κ2) is 34.1. The number of phenolic OH excluding ortho intramolecular Hbond substituents is 1. The second-order valence-electron chi connectivity index (χ2n) is 22.4. The molecule has 30 heteroatoms. The minimum absolute atomic E-state index is 0.0826. The molecule has 0 aliphatic carbocycles. The molecule has 2 unspecified atom stereocenters. The number of amides is 10. The molecule has 10 amide bonds.